The van der Waals surface area contributed by atoms with Gasteiger partial charge in [0.25, 0.3) is 0 Å². The summed E-state index contributed by atoms with van der Waals surface area (Å²) >= 11 is 0. The average molecular weight is 505 g/mol. The van der Waals surface area contributed by atoms with Crippen molar-refractivity contribution in [1.29, 1.82) is 0 Å². The van der Waals surface area contributed by atoms with Crippen LogP contribution in [0.4, 0.5) is 0 Å². The molecule has 9 heteroatoms. The second-order valence-electron chi connectivity index (χ2n) is 8.33. The van der Waals surface area contributed by atoms with E-state index in [2.05, 4.69) is 4.74 Å². The molecule has 0 saturated heterocycles. The van der Waals surface area contributed by atoms with E-state index in [1.165, 1.54) is 52.2 Å². The van der Waals surface area contributed by atoms with E-state index in [1.54, 1.807) is 18.2 Å². The predicted molar refractivity (Wildman–Crippen MR) is 132 cm³/mol. The molecule has 3 atom stereocenters. The monoisotopic (exact) mass is 504 g/mol. The van der Waals surface area contributed by atoms with E-state index < -0.39 is 41.7 Å². The average Bonchev–Trinajstić information content (AvgIpc) is 3.09. The third-order valence-corrected chi connectivity index (χ3v) is 5.25. The zero-order valence-corrected chi connectivity index (χ0v) is 21.6. The first-order valence-electron chi connectivity index (χ1n) is 11.9. The molecule has 0 radical (unpaired) electrons. The second-order valence-corrected chi connectivity index (χ2v) is 8.33. The van der Waals surface area contributed by atoms with Crippen LogP contribution in [0, 0.1) is 0 Å². The van der Waals surface area contributed by atoms with Crippen molar-refractivity contribution < 1.29 is 42.9 Å². The van der Waals surface area contributed by atoms with Crippen molar-refractivity contribution in [2.75, 3.05) is 7.11 Å². The molecule has 0 N–H and O–H groups in total. The van der Waals surface area contributed by atoms with Crippen LogP contribution in [0.2, 0.25) is 0 Å². The Morgan fingerprint density at radius 2 is 1.61 bits per heavy atom. The van der Waals surface area contributed by atoms with Gasteiger partial charge in [-0.05, 0) is 43.6 Å². The fourth-order valence-electron chi connectivity index (χ4n) is 3.64. The highest BCUT2D eigenvalue weighted by Crippen LogP contribution is 2.35. The molecule has 0 spiro atoms. The van der Waals surface area contributed by atoms with Gasteiger partial charge in [0.15, 0.2) is 11.4 Å². The highest BCUT2D eigenvalue weighted by atomic mass is 16.6. The lowest BCUT2D eigenvalue weighted by atomic mass is 9.91. The predicted octanol–water partition coefficient (Wildman–Crippen LogP) is 3.86. The second kappa shape index (κ2) is 15.5. The number of esters is 4. The summed E-state index contributed by atoms with van der Waals surface area (Å²) in [6, 6.07) is 0. The summed E-state index contributed by atoms with van der Waals surface area (Å²) in [6.45, 7) is 5.88. The summed E-state index contributed by atoms with van der Waals surface area (Å²) < 4.78 is 20.7. The maximum atomic E-state index is 12.6. The van der Waals surface area contributed by atoms with Crippen LogP contribution in [0.1, 0.15) is 66.2 Å². The van der Waals surface area contributed by atoms with Crippen molar-refractivity contribution in [2.45, 2.75) is 84.0 Å². The summed E-state index contributed by atoms with van der Waals surface area (Å²) in [4.78, 5) is 58.9. The lowest BCUT2D eigenvalue weighted by Crippen LogP contribution is -2.33. The SMILES string of the molecule is CCCC[C@H](/C=C\C[C@]1(OC(C)=O)C=CC(=O)C1=C/C=C/[C@H](CCC(=O)OC)OC(C)=O)OC(C)=O. The standard InChI is InChI=1S/C27H36O9/c1-6-7-10-22(34-19(2)28)12-9-17-27(36-21(4)30)18-16-25(31)24(27)13-8-11-23(35-20(3)29)14-15-26(32)33-5/h8-9,11-13,16,18,22-23H,6-7,10,14-15,17H2,1-5H3/b11-8+,12-9-,24-13?/t22-,23-,27+/m1/s1. The Kier molecular flexibility index (Phi) is 13.1. The summed E-state index contributed by atoms with van der Waals surface area (Å²) in [5, 5.41) is 0. The molecule has 198 valence electrons. The highest BCUT2D eigenvalue weighted by molar-refractivity contribution is 6.09. The number of ether oxygens (including phenoxy) is 4. The van der Waals surface area contributed by atoms with E-state index in [1.807, 2.05) is 6.92 Å². The summed E-state index contributed by atoms with van der Waals surface area (Å²) in [5.74, 6) is -2.27. The maximum Gasteiger partial charge on any atom is 0.305 e. The summed E-state index contributed by atoms with van der Waals surface area (Å²) in [6.07, 6.45) is 12.6. The van der Waals surface area contributed by atoms with Gasteiger partial charge in [-0.25, -0.2) is 0 Å². The number of hydrogen-bond acceptors (Lipinski definition) is 9. The molecule has 0 unspecified atom stereocenters. The van der Waals surface area contributed by atoms with Crippen LogP contribution in [-0.4, -0.2) is 54.6 Å². The van der Waals surface area contributed by atoms with E-state index in [4.69, 9.17) is 14.2 Å². The van der Waals surface area contributed by atoms with Gasteiger partial charge in [-0.2, -0.15) is 0 Å². The third-order valence-electron chi connectivity index (χ3n) is 5.25. The molecule has 1 aliphatic carbocycles. The van der Waals surface area contributed by atoms with Gasteiger partial charge in [0.2, 0.25) is 0 Å². The Morgan fingerprint density at radius 1 is 0.972 bits per heavy atom. The zero-order chi connectivity index (χ0) is 27.1. The van der Waals surface area contributed by atoms with Crippen molar-refractivity contribution >= 4 is 29.7 Å². The first-order valence-corrected chi connectivity index (χ1v) is 11.9. The lowest BCUT2D eigenvalue weighted by molar-refractivity contribution is -0.149. The Hall–Kier alpha value is -3.49. The van der Waals surface area contributed by atoms with Gasteiger partial charge in [-0.3, -0.25) is 24.0 Å². The Bertz CT molecular complexity index is 926. The molecular weight excluding hydrogens is 468 g/mol. The summed E-state index contributed by atoms with van der Waals surface area (Å²) in [7, 11) is 1.27. The number of carbonyl (C=O) groups is 5. The highest BCUT2D eigenvalue weighted by Gasteiger charge is 2.41. The number of allylic oxidation sites excluding steroid dienone is 3. The van der Waals surface area contributed by atoms with Crippen LogP contribution >= 0.6 is 0 Å². The number of carbonyl (C=O) groups excluding carboxylic acids is 5. The summed E-state index contributed by atoms with van der Waals surface area (Å²) in [5.41, 5.74) is -1.12. The Balaban J connectivity index is 3.16. The largest absolute Gasteiger partial charge is 0.469 e. The van der Waals surface area contributed by atoms with Gasteiger partial charge in [0.1, 0.15) is 12.2 Å². The van der Waals surface area contributed by atoms with Gasteiger partial charge in [-0.1, -0.05) is 31.6 Å². The molecule has 0 aliphatic heterocycles. The maximum absolute atomic E-state index is 12.6. The van der Waals surface area contributed by atoms with E-state index in [9.17, 15) is 24.0 Å². The first kappa shape index (κ1) is 30.5. The lowest BCUT2D eigenvalue weighted by Gasteiger charge is -2.27. The first-order chi connectivity index (χ1) is 17.0. The Labute approximate surface area is 212 Å². The third kappa shape index (κ3) is 10.8. The van der Waals surface area contributed by atoms with Crippen LogP contribution in [0.15, 0.2) is 48.1 Å². The van der Waals surface area contributed by atoms with E-state index in [0.29, 0.717) is 6.42 Å². The molecule has 0 aromatic rings. The molecule has 9 nitrogen and oxygen atoms in total. The van der Waals surface area contributed by atoms with Crippen molar-refractivity contribution in [3.8, 4) is 0 Å². The van der Waals surface area contributed by atoms with Crippen LogP contribution in [0.5, 0.6) is 0 Å². The minimum Gasteiger partial charge on any atom is -0.469 e. The van der Waals surface area contributed by atoms with Crippen molar-refractivity contribution in [1.82, 2.24) is 0 Å². The number of methoxy groups -OCH3 is 1. The van der Waals surface area contributed by atoms with Gasteiger partial charge in [0, 0.05) is 39.2 Å². The smallest absolute Gasteiger partial charge is 0.305 e. The van der Waals surface area contributed by atoms with Crippen LogP contribution in [0.3, 0.4) is 0 Å². The molecule has 0 heterocycles. The molecule has 0 aromatic heterocycles. The molecule has 0 amide bonds. The normalized spacial score (nSPS) is 20.0. The van der Waals surface area contributed by atoms with Crippen molar-refractivity contribution in [2.24, 2.45) is 0 Å². The Morgan fingerprint density at radius 3 is 2.17 bits per heavy atom. The number of hydrogen-bond donors (Lipinski definition) is 0. The van der Waals surface area contributed by atoms with Gasteiger partial charge < -0.3 is 18.9 Å². The minimum absolute atomic E-state index is 0.0412. The van der Waals surface area contributed by atoms with E-state index in [0.717, 1.165) is 12.8 Å². The van der Waals surface area contributed by atoms with E-state index in [-0.39, 0.29) is 30.6 Å². The van der Waals surface area contributed by atoms with Gasteiger partial charge >= 0.3 is 23.9 Å². The number of unbranched alkanes of at least 4 members (excludes halogenated alkanes) is 1. The number of rotatable bonds is 14. The molecule has 0 aromatic carbocycles. The fraction of sp³-hybridized carbons (Fsp3) is 0.519. The number of ketones is 1. The van der Waals surface area contributed by atoms with Gasteiger partial charge in [-0.15, -0.1) is 0 Å². The van der Waals surface area contributed by atoms with Crippen LogP contribution in [0.25, 0.3) is 0 Å². The fourth-order valence-corrected chi connectivity index (χ4v) is 3.64. The molecule has 0 fully saturated rings. The molecule has 1 rings (SSSR count). The van der Waals surface area contributed by atoms with Crippen LogP contribution in [-0.2, 0) is 42.9 Å². The van der Waals surface area contributed by atoms with E-state index >= 15 is 0 Å². The van der Waals surface area contributed by atoms with Crippen LogP contribution < -0.4 is 0 Å². The minimum atomic E-state index is -1.34. The van der Waals surface area contributed by atoms with Crippen molar-refractivity contribution in [3.63, 3.8) is 0 Å². The molecule has 1 aliphatic rings. The molecular formula is C27H36O9. The zero-order valence-electron chi connectivity index (χ0n) is 21.6. The quantitative estimate of drug-likeness (QED) is 0.150. The molecule has 0 saturated carbocycles. The molecule has 0 bridgehead atoms. The van der Waals surface area contributed by atoms with Gasteiger partial charge in [0.05, 0.1) is 7.11 Å². The van der Waals surface area contributed by atoms with Crippen molar-refractivity contribution in [3.05, 3.63) is 48.1 Å². The molecule has 36 heavy (non-hydrogen) atoms. The topological polar surface area (TPSA) is 122 Å².